The van der Waals surface area contributed by atoms with Crippen LogP contribution < -0.4 is 10.1 Å². The number of nitrogens with zero attached hydrogens (tertiary/aromatic N) is 5. The lowest BCUT2D eigenvalue weighted by Gasteiger charge is -2.23. The van der Waals surface area contributed by atoms with Crippen LogP contribution in [-0.4, -0.2) is 44.4 Å². The predicted molar refractivity (Wildman–Crippen MR) is 125 cm³/mol. The Kier molecular flexibility index (Phi) is 7.24. The molecule has 1 N–H and O–H groups in total. The molecular weight excluding hydrogens is 416 g/mol. The van der Waals surface area contributed by atoms with Gasteiger partial charge in [-0.2, -0.15) is 0 Å². The zero-order chi connectivity index (χ0) is 23.2. The maximum atomic E-state index is 12.8. The molecule has 1 aromatic carbocycles. The van der Waals surface area contributed by atoms with E-state index in [9.17, 15) is 4.79 Å². The second-order valence-electron chi connectivity index (χ2n) is 8.21. The molecule has 1 aliphatic rings. The van der Waals surface area contributed by atoms with E-state index in [0.717, 1.165) is 60.9 Å². The van der Waals surface area contributed by atoms with E-state index in [0.29, 0.717) is 17.8 Å². The first kappa shape index (κ1) is 22.8. The highest BCUT2D eigenvalue weighted by molar-refractivity contribution is 5.94. The van der Waals surface area contributed by atoms with Crippen molar-refractivity contribution < 1.29 is 9.53 Å². The molecule has 0 bridgehead atoms. The van der Waals surface area contributed by atoms with Crippen molar-refractivity contribution in [3.63, 3.8) is 0 Å². The summed E-state index contributed by atoms with van der Waals surface area (Å²) in [6, 6.07) is 7.76. The molecule has 0 saturated carbocycles. The number of nitrogens with one attached hydrogen (secondary N) is 1. The van der Waals surface area contributed by atoms with E-state index in [4.69, 9.17) is 9.72 Å². The van der Waals surface area contributed by atoms with Crippen molar-refractivity contribution in [2.75, 3.05) is 13.7 Å². The van der Waals surface area contributed by atoms with Gasteiger partial charge in [-0.25, -0.2) is 19.9 Å². The van der Waals surface area contributed by atoms with Crippen LogP contribution in [0.4, 0.5) is 0 Å². The first-order valence-electron chi connectivity index (χ1n) is 11.4. The minimum Gasteiger partial charge on any atom is -0.496 e. The number of carbonyl (C=O) groups excluding carboxylic acids is 1. The minimum atomic E-state index is -0.193. The fourth-order valence-corrected chi connectivity index (χ4v) is 4.18. The van der Waals surface area contributed by atoms with Crippen molar-refractivity contribution in [2.24, 2.45) is 0 Å². The largest absolute Gasteiger partial charge is 0.496 e. The Morgan fingerprint density at radius 3 is 2.70 bits per heavy atom. The molecule has 3 heterocycles. The van der Waals surface area contributed by atoms with Crippen LogP contribution in [0, 0.1) is 6.92 Å². The summed E-state index contributed by atoms with van der Waals surface area (Å²) in [5, 5.41) is 2.95. The van der Waals surface area contributed by atoms with E-state index in [1.807, 2.05) is 50.5 Å². The molecule has 3 aromatic rings. The van der Waals surface area contributed by atoms with E-state index >= 15 is 0 Å². The fourth-order valence-electron chi connectivity index (χ4n) is 4.18. The zero-order valence-corrected chi connectivity index (χ0v) is 19.4. The summed E-state index contributed by atoms with van der Waals surface area (Å²) in [4.78, 5) is 33.3. The molecule has 8 nitrogen and oxygen atoms in total. The predicted octanol–water partition coefficient (Wildman–Crippen LogP) is 3.41. The normalized spacial score (nSPS) is 16.0. The molecule has 1 amide bonds. The molecule has 1 aliphatic heterocycles. The number of ether oxygens (including phenoxy) is 1. The number of aromatic nitrogens is 4. The summed E-state index contributed by atoms with van der Waals surface area (Å²) in [6.07, 6.45) is 8.36. The third-order valence-electron chi connectivity index (χ3n) is 6.00. The molecule has 1 saturated heterocycles. The van der Waals surface area contributed by atoms with Gasteiger partial charge in [0.1, 0.15) is 17.4 Å². The summed E-state index contributed by atoms with van der Waals surface area (Å²) in [7, 11) is 1.62. The average Bonchev–Trinajstić information content (AvgIpc) is 3.31. The quantitative estimate of drug-likeness (QED) is 0.567. The van der Waals surface area contributed by atoms with Gasteiger partial charge in [0, 0.05) is 49.2 Å². The second kappa shape index (κ2) is 10.5. The number of aryl methyl sites for hydroxylation is 2. The Morgan fingerprint density at radius 2 is 1.97 bits per heavy atom. The lowest BCUT2D eigenvalue weighted by Crippen LogP contribution is -2.27. The van der Waals surface area contributed by atoms with E-state index in [2.05, 4.69) is 25.2 Å². The highest BCUT2D eigenvalue weighted by atomic mass is 16.5. The molecule has 0 aliphatic carbocycles. The van der Waals surface area contributed by atoms with Crippen molar-refractivity contribution >= 4 is 5.91 Å². The second-order valence-corrected chi connectivity index (χ2v) is 8.21. The number of hydrogen-bond acceptors (Lipinski definition) is 7. The van der Waals surface area contributed by atoms with E-state index in [1.54, 1.807) is 13.3 Å². The van der Waals surface area contributed by atoms with Crippen LogP contribution in [-0.2, 0) is 19.5 Å². The Bertz CT molecular complexity index is 1100. The van der Waals surface area contributed by atoms with Crippen molar-refractivity contribution in [1.29, 1.82) is 0 Å². The smallest absolute Gasteiger partial charge is 0.254 e. The first-order valence-corrected chi connectivity index (χ1v) is 11.4. The molecule has 4 rings (SSSR count). The highest BCUT2D eigenvalue weighted by Crippen LogP contribution is 2.31. The molecular formula is C25H30N6O2. The third-order valence-corrected chi connectivity index (χ3v) is 6.00. The third kappa shape index (κ3) is 5.34. The molecule has 33 heavy (non-hydrogen) atoms. The lowest BCUT2D eigenvalue weighted by atomic mass is 10.1. The van der Waals surface area contributed by atoms with Gasteiger partial charge < -0.3 is 10.1 Å². The topological polar surface area (TPSA) is 93.1 Å². The Balaban J connectivity index is 1.43. The maximum Gasteiger partial charge on any atom is 0.254 e. The van der Waals surface area contributed by atoms with Crippen LogP contribution in [0.3, 0.4) is 0 Å². The maximum absolute atomic E-state index is 12.8. The lowest BCUT2D eigenvalue weighted by molar-refractivity contribution is 0.0949. The van der Waals surface area contributed by atoms with Crippen molar-refractivity contribution in [2.45, 2.75) is 52.2 Å². The SMILES string of the molecule is CCc1ncc(CN2CCCC2c2ncc(C(=O)NCc3ccccc3OC)c(C)n2)cn1. The molecule has 1 fully saturated rings. The van der Waals surface area contributed by atoms with Crippen LogP contribution in [0.5, 0.6) is 5.75 Å². The number of rotatable bonds is 8. The number of likely N-dealkylation sites (tertiary alicyclic amines) is 1. The molecule has 2 aromatic heterocycles. The molecule has 172 valence electrons. The van der Waals surface area contributed by atoms with Crippen LogP contribution >= 0.6 is 0 Å². The number of hydrogen-bond donors (Lipinski definition) is 1. The average molecular weight is 447 g/mol. The van der Waals surface area contributed by atoms with Gasteiger partial charge in [0.25, 0.3) is 5.91 Å². The number of para-hydroxylation sites is 1. The number of methoxy groups -OCH3 is 1. The van der Waals surface area contributed by atoms with E-state index in [1.165, 1.54) is 0 Å². The summed E-state index contributed by atoms with van der Waals surface area (Å²) >= 11 is 0. The van der Waals surface area contributed by atoms with Crippen LogP contribution in [0.25, 0.3) is 0 Å². The summed E-state index contributed by atoms with van der Waals surface area (Å²) in [5.41, 5.74) is 3.17. The first-order chi connectivity index (χ1) is 16.1. The highest BCUT2D eigenvalue weighted by Gasteiger charge is 2.29. The standard InChI is InChI=1S/C25H30N6O2/c1-4-23-26-12-18(13-27-23)16-31-11-7-9-21(31)24-28-15-20(17(2)30-24)25(32)29-14-19-8-5-6-10-22(19)33-3/h5-6,8,10,12-13,15,21H,4,7,9,11,14,16H2,1-3H3,(H,29,32). The van der Waals surface area contributed by atoms with Gasteiger partial charge in [0.15, 0.2) is 0 Å². The minimum absolute atomic E-state index is 0.125. The van der Waals surface area contributed by atoms with Gasteiger partial charge in [-0.05, 0) is 32.4 Å². The van der Waals surface area contributed by atoms with Gasteiger partial charge in [-0.3, -0.25) is 9.69 Å². The summed E-state index contributed by atoms with van der Waals surface area (Å²) < 4.78 is 5.36. The Labute approximate surface area is 194 Å². The monoisotopic (exact) mass is 446 g/mol. The summed E-state index contributed by atoms with van der Waals surface area (Å²) in [6.45, 7) is 6.02. The Morgan fingerprint density at radius 1 is 1.18 bits per heavy atom. The van der Waals surface area contributed by atoms with Gasteiger partial charge in [0.2, 0.25) is 0 Å². The Hall–Kier alpha value is -3.39. The summed E-state index contributed by atoms with van der Waals surface area (Å²) in [5.74, 6) is 2.17. The van der Waals surface area contributed by atoms with Crippen molar-refractivity contribution in [1.82, 2.24) is 30.2 Å². The van der Waals surface area contributed by atoms with Crippen LogP contribution in [0.1, 0.15) is 64.6 Å². The van der Waals surface area contributed by atoms with Crippen molar-refractivity contribution in [3.05, 3.63) is 76.9 Å². The van der Waals surface area contributed by atoms with Crippen LogP contribution in [0.15, 0.2) is 42.9 Å². The molecule has 1 unspecified atom stereocenters. The molecule has 8 heteroatoms. The molecule has 0 spiro atoms. The van der Waals surface area contributed by atoms with Gasteiger partial charge in [-0.15, -0.1) is 0 Å². The zero-order valence-electron chi connectivity index (χ0n) is 19.4. The van der Waals surface area contributed by atoms with E-state index < -0.39 is 0 Å². The fraction of sp³-hybridized carbons (Fsp3) is 0.400. The number of carbonyl (C=O) groups is 1. The van der Waals surface area contributed by atoms with Gasteiger partial charge >= 0.3 is 0 Å². The van der Waals surface area contributed by atoms with Crippen LogP contribution in [0.2, 0.25) is 0 Å². The van der Waals surface area contributed by atoms with Gasteiger partial charge in [0.05, 0.1) is 24.4 Å². The van der Waals surface area contributed by atoms with Crippen molar-refractivity contribution in [3.8, 4) is 5.75 Å². The molecule has 1 atom stereocenters. The van der Waals surface area contributed by atoms with Gasteiger partial charge in [-0.1, -0.05) is 25.1 Å². The molecule has 0 radical (unpaired) electrons. The number of benzene rings is 1. The van der Waals surface area contributed by atoms with E-state index in [-0.39, 0.29) is 11.9 Å². The number of amides is 1.